The van der Waals surface area contributed by atoms with Crippen molar-refractivity contribution in [1.82, 2.24) is 4.72 Å². The summed E-state index contributed by atoms with van der Waals surface area (Å²) in [5, 5.41) is 0. The Morgan fingerprint density at radius 2 is 1.88 bits per heavy atom. The Labute approximate surface area is 94.6 Å². The van der Waals surface area contributed by atoms with Gasteiger partial charge in [-0.15, -0.1) is 0 Å². The minimum absolute atomic E-state index is 0.0480. The monoisotopic (exact) mass is 256 g/mol. The SMILES string of the molecule is NCC(F)(F)CNS(=O)(=O)CC1CCCC1. The van der Waals surface area contributed by atoms with Crippen LogP contribution < -0.4 is 10.5 Å². The summed E-state index contributed by atoms with van der Waals surface area (Å²) in [6.07, 6.45) is 3.79. The molecule has 0 heterocycles. The predicted molar refractivity (Wildman–Crippen MR) is 57.7 cm³/mol. The summed E-state index contributed by atoms with van der Waals surface area (Å²) in [6, 6.07) is 0. The van der Waals surface area contributed by atoms with Crippen molar-refractivity contribution in [3.05, 3.63) is 0 Å². The minimum atomic E-state index is -3.59. The Bertz CT molecular complexity index is 313. The van der Waals surface area contributed by atoms with E-state index in [1.165, 1.54) is 0 Å². The highest BCUT2D eigenvalue weighted by atomic mass is 32.2. The number of halogens is 2. The van der Waals surface area contributed by atoms with E-state index >= 15 is 0 Å². The van der Waals surface area contributed by atoms with Gasteiger partial charge < -0.3 is 5.73 Å². The van der Waals surface area contributed by atoms with Crippen LogP contribution in [-0.4, -0.2) is 33.2 Å². The zero-order valence-corrected chi connectivity index (χ0v) is 9.90. The van der Waals surface area contributed by atoms with Crippen LogP contribution in [0.25, 0.3) is 0 Å². The molecule has 0 spiro atoms. The number of hydrogen-bond acceptors (Lipinski definition) is 3. The molecular weight excluding hydrogens is 238 g/mol. The van der Waals surface area contributed by atoms with Gasteiger partial charge in [-0.2, -0.15) is 0 Å². The molecule has 0 radical (unpaired) electrons. The van der Waals surface area contributed by atoms with E-state index in [4.69, 9.17) is 5.73 Å². The van der Waals surface area contributed by atoms with Crippen molar-refractivity contribution >= 4 is 10.0 Å². The Morgan fingerprint density at radius 1 is 1.31 bits per heavy atom. The van der Waals surface area contributed by atoms with E-state index in [-0.39, 0.29) is 11.7 Å². The first-order valence-electron chi connectivity index (χ1n) is 5.40. The lowest BCUT2D eigenvalue weighted by Gasteiger charge is -2.16. The molecule has 1 aliphatic carbocycles. The second-order valence-corrected chi connectivity index (χ2v) is 6.16. The minimum Gasteiger partial charge on any atom is -0.325 e. The molecule has 1 fully saturated rings. The largest absolute Gasteiger partial charge is 0.325 e. The van der Waals surface area contributed by atoms with Gasteiger partial charge in [-0.25, -0.2) is 21.9 Å². The normalized spacial score (nSPS) is 19.2. The molecule has 0 saturated heterocycles. The van der Waals surface area contributed by atoms with Crippen LogP contribution in [-0.2, 0) is 10.0 Å². The molecule has 4 nitrogen and oxygen atoms in total. The second-order valence-electron chi connectivity index (χ2n) is 4.31. The molecule has 16 heavy (non-hydrogen) atoms. The highest BCUT2D eigenvalue weighted by Crippen LogP contribution is 2.25. The second kappa shape index (κ2) is 5.37. The van der Waals surface area contributed by atoms with Crippen LogP contribution in [0.4, 0.5) is 8.78 Å². The van der Waals surface area contributed by atoms with E-state index in [1.54, 1.807) is 0 Å². The van der Waals surface area contributed by atoms with Crippen LogP contribution in [0.15, 0.2) is 0 Å². The third-order valence-corrected chi connectivity index (χ3v) is 4.27. The van der Waals surface area contributed by atoms with Gasteiger partial charge in [0.05, 0.1) is 18.8 Å². The topological polar surface area (TPSA) is 72.2 Å². The van der Waals surface area contributed by atoms with Crippen LogP contribution in [0.1, 0.15) is 25.7 Å². The molecule has 96 valence electrons. The summed E-state index contributed by atoms with van der Waals surface area (Å²) in [5.74, 6) is -3.10. The fraction of sp³-hybridized carbons (Fsp3) is 1.00. The molecule has 1 rings (SSSR count). The summed E-state index contributed by atoms with van der Waals surface area (Å²) in [5.41, 5.74) is 4.81. The van der Waals surface area contributed by atoms with Gasteiger partial charge in [-0.3, -0.25) is 0 Å². The smallest absolute Gasteiger partial charge is 0.273 e. The summed E-state index contributed by atoms with van der Waals surface area (Å²) < 4.78 is 50.3. The Morgan fingerprint density at radius 3 is 2.38 bits per heavy atom. The third-order valence-electron chi connectivity index (χ3n) is 2.78. The maximum atomic E-state index is 12.7. The molecule has 1 saturated carbocycles. The van der Waals surface area contributed by atoms with Gasteiger partial charge >= 0.3 is 0 Å². The average Bonchev–Trinajstić information content (AvgIpc) is 2.67. The van der Waals surface area contributed by atoms with E-state index in [0.29, 0.717) is 0 Å². The Balaban J connectivity index is 2.39. The van der Waals surface area contributed by atoms with Crippen molar-refractivity contribution in [2.75, 3.05) is 18.8 Å². The van der Waals surface area contributed by atoms with Gasteiger partial charge in [0.2, 0.25) is 10.0 Å². The highest BCUT2D eigenvalue weighted by molar-refractivity contribution is 7.89. The first-order chi connectivity index (χ1) is 7.35. The molecule has 1 aliphatic rings. The van der Waals surface area contributed by atoms with Crippen molar-refractivity contribution in [3.63, 3.8) is 0 Å². The van der Waals surface area contributed by atoms with Gasteiger partial charge in [0.25, 0.3) is 5.92 Å². The molecule has 3 N–H and O–H groups in total. The number of hydrogen-bond donors (Lipinski definition) is 2. The Hall–Kier alpha value is -0.270. The fourth-order valence-electron chi connectivity index (χ4n) is 1.83. The number of rotatable bonds is 6. The molecule has 0 atom stereocenters. The zero-order chi connectivity index (χ0) is 12.2. The molecular formula is C9H18F2N2O2S. The van der Waals surface area contributed by atoms with E-state index in [9.17, 15) is 17.2 Å². The van der Waals surface area contributed by atoms with E-state index in [0.717, 1.165) is 25.7 Å². The fourth-order valence-corrected chi connectivity index (χ4v) is 3.34. The summed E-state index contributed by atoms with van der Waals surface area (Å²) in [6.45, 7) is -1.75. The molecule has 0 unspecified atom stereocenters. The molecule has 0 aromatic rings. The molecule has 0 amide bonds. The van der Waals surface area contributed by atoms with E-state index < -0.39 is 29.0 Å². The lowest BCUT2D eigenvalue weighted by molar-refractivity contribution is 0.0170. The van der Waals surface area contributed by atoms with Gasteiger partial charge in [-0.1, -0.05) is 12.8 Å². The molecule has 0 bridgehead atoms. The van der Waals surface area contributed by atoms with Crippen LogP contribution in [0.5, 0.6) is 0 Å². The quantitative estimate of drug-likeness (QED) is 0.734. The molecule has 0 aliphatic heterocycles. The van der Waals surface area contributed by atoms with Crippen molar-refractivity contribution in [3.8, 4) is 0 Å². The summed E-state index contributed by atoms with van der Waals surface area (Å²) in [7, 11) is -3.59. The van der Waals surface area contributed by atoms with Crippen molar-refractivity contribution in [2.45, 2.75) is 31.6 Å². The maximum Gasteiger partial charge on any atom is 0.273 e. The number of sulfonamides is 1. The molecule has 0 aromatic heterocycles. The van der Waals surface area contributed by atoms with Gasteiger partial charge in [-0.05, 0) is 18.8 Å². The number of alkyl halides is 2. The standard InChI is InChI=1S/C9H18F2N2O2S/c10-9(11,6-12)7-13-16(14,15)5-8-3-1-2-4-8/h8,13H,1-7,12H2. The van der Waals surface area contributed by atoms with Crippen molar-refractivity contribution < 1.29 is 17.2 Å². The van der Waals surface area contributed by atoms with Gasteiger partial charge in [0.15, 0.2) is 0 Å². The maximum absolute atomic E-state index is 12.7. The van der Waals surface area contributed by atoms with Crippen molar-refractivity contribution in [1.29, 1.82) is 0 Å². The van der Waals surface area contributed by atoms with E-state index in [1.807, 2.05) is 4.72 Å². The van der Waals surface area contributed by atoms with Crippen LogP contribution in [0.3, 0.4) is 0 Å². The number of nitrogens with two attached hydrogens (primary N) is 1. The van der Waals surface area contributed by atoms with Gasteiger partial charge in [0, 0.05) is 0 Å². The van der Waals surface area contributed by atoms with Gasteiger partial charge in [0.1, 0.15) is 0 Å². The molecule has 7 heteroatoms. The zero-order valence-electron chi connectivity index (χ0n) is 9.09. The van der Waals surface area contributed by atoms with Crippen LogP contribution in [0.2, 0.25) is 0 Å². The third kappa shape index (κ3) is 4.71. The van der Waals surface area contributed by atoms with Crippen molar-refractivity contribution in [2.24, 2.45) is 11.7 Å². The average molecular weight is 256 g/mol. The lowest BCUT2D eigenvalue weighted by Crippen LogP contribution is -2.42. The predicted octanol–water partition coefficient (Wildman–Crippen LogP) is 0.690. The van der Waals surface area contributed by atoms with E-state index in [2.05, 4.69) is 0 Å². The van der Waals surface area contributed by atoms with Crippen LogP contribution in [0, 0.1) is 5.92 Å². The highest BCUT2D eigenvalue weighted by Gasteiger charge is 2.30. The molecule has 0 aromatic carbocycles. The first-order valence-corrected chi connectivity index (χ1v) is 7.05. The first kappa shape index (κ1) is 13.8. The Kier molecular flexibility index (Phi) is 4.63. The van der Waals surface area contributed by atoms with Crippen LogP contribution >= 0.6 is 0 Å². The number of nitrogens with one attached hydrogen (secondary N) is 1. The summed E-state index contributed by atoms with van der Waals surface area (Å²) >= 11 is 0. The summed E-state index contributed by atoms with van der Waals surface area (Å²) in [4.78, 5) is 0. The lowest BCUT2D eigenvalue weighted by atomic mass is 10.1.